The topological polar surface area (TPSA) is 71.8 Å². The van der Waals surface area contributed by atoms with E-state index in [1.54, 1.807) is 22.6 Å². The molecule has 0 bridgehead atoms. The second kappa shape index (κ2) is 8.88. The number of rotatable bonds is 7. The molecular weight excluding hydrogens is 332 g/mol. The number of aromatic nitrogens is 1. The average molecular weight is 354 g/mol. The van der Waals surface area contributed by atoms with Crippen molar-refractivity contribution in [2.45, 2.75) is 26.6 Å². The van der Waals surface area contributed by atoms with Crippen LogP contribution < -0.4 is 5.43 Å². The zero-order valence-electron chi connectivity index (χ0n) is 14.9. The summed E-state index contributed by atoms with van der Waals surface area (Å²) in [5.74, 6) is 1.81. The Bertz CT molecular complexity index is 852. The van der Waals surface area contributed by atoms with Gasteiger partial charge in [0.2, 0.25) is 5.43 Å². The molecular formula is C20H22N2O4. The van der Waals surface area contributed by atoms with Gasteiger partial charge in [-0.3, -0.25) is 14.5 Å². The number of hydrogen-bond donors (Lipinski definition) is 1. The third-order valence-corrected chi connectivity index (χ3v) is 4.15. The minimum atomic E-state index is -0.447. The van der Waals surface area contributed by atoms with Crippen LogP contribution in [0.1, 0.15) is 24.3 Å². The lowest BCUT2D eigenvalue weighted by molar-refractivity contribution is -0.147. The predicted molar refractivity (Wildman–Crippen MR) is 98.5 cm³/mol. The SMILES string of the molecule is C#CCN(CC(=O)OCc1ccccc1)C(C)n1ccc(=O)c(O)c1C. The van der Waals surface area contributed by atoms with Gasteiger partial charge in [-0.25, -0.2) is 0 Å². The summed E-state index contributed by atoms with van der Waals surface area (Å²) in [5, 5.41) is 9.86. The standard InChI is InChI=1S/C20H22N2O4/c1-4-11-21(13-19(24)26-14-17-8-6-5-7-9-17)16(3)22-12-10-18(23)20(25)15(22)2/h1,5-10,12,16,25H,11,13-14H2,2-3H3. The molecule has 1 heterocycles. The molecule has 1 aromatic heterocycles. The zero-order valence-corrected chi connectivity index (χ0v) is 14.9. The summed E-state index contributed by atoms with van der Waals surface area (Å²) in [6, 6.07) is 10.7. The van der Waals surface area contributed by atoms with Crippen molar-refractivity contribution in [2.75, 3.05) is 13.1 Å². The second-order valence-electron chi connectivity index (χ2n) is 5.91. The van der Waals surface area contributed by atoms with E-state index in [-0.39, 0.29) is 31.6 Å². The van der Waals surface area contributed by atoms with Gasteiger partial charge >= 0.3 is 5.97 Å². The first-order valence-electron chi connectivity index (χ1n) is 8.21. The molecule has 1 aromatic carbocycles. The van der Waals surface area contributed by atoms with Gasteiger partial charge in [-0.2, -0.15) is 0 Å². The molecule has 26 heavy (non-hydrogen) atoms. The van der Waals surface area contributed by atoms with E-state index in [0.717, 1.165) is 5.56 Å². The van der Waals surface area contributed by atoms with Crippen molar-refractivity contribution in [3.05, 3.63) is 64.1 Å². The van der Waals surface area contributed by atoms with Crippen LogP contribution in [-0.2, 0) is 16.1 Å². The van der Waals surface area contributed by atoms with Gasteiger partial charge in [0.05, 0.1) is 24.9 Å². The maximum Gasteiger partial charge on any atom is 0.320 e. The van der Waals surface area contributed by atoms with Gasteiger partial charge in [0.25, 0.3) is 0 Å². The maximum absolute atomic E-state index is 12.2. The average Bonchev–Trinajstić information content (AvgIpc) is 2.64. The number of benzene rings is 1. The Morgan fingerprint density at radius 2 is 2.04 bits per heavy atom. The summed E-state index contributed by atoms with van der Waals surface area (Å²) in [7, 11) is 0. The van der Waals surface area contributed by atoms with Crippen LogP contribution in [0.15, 0.2) is 47.4 Å². The van der Waals surface area contributed by atoms with Crippen LogP contribution in [0.3, 0.4) is 0 Å². The van der Waals surface area contributed by atoms with Crippen LogP contribution >= 0.6 is 0 Å². The van der Waals surface area contributed by atoms with Crippen LogP contribution in [0.5, 0.6) is 5.75 Å². The van der Waals surface area contributed by atoms with Crippen molar-refractivity contribution in [3.63, 3.8) is 0 Å². The highest BCUT2D eigenvalue weighted by atomic mass is 16.5. The Balaban J connectivity index is 2.08. The first-order valence-corrected chi connectivity index (χ1v) is 8.21. The lowest BCUT2D eigenvalue weighted by Crippen LogP contribution is -2.37. The molecule has 136 valence electrons. The van der Waals surface area contributed by atoms with Crippen molar-refractivity contribution in [2.24, 2.45) is 0 Å². The highest BCUT2D eigenvalue weighted by molar-refractivity contribution is 5.71. The van der Waals surface area contributed by atoms with Crippen molar-refractivity contribution in [3.8, 4) is 18.1 Å². The number of esters is 1. The van der Waals surface area contributed by atoms with Crippen LogP contribution in [0.4, 0.5) is 0 Å². The molecule has 1 unspecified atom stereocenters. The summed E-state index contributed by atoms with van der Waals surface area (Å²) in [6.07, 6.45) is 6.65. The molecule has 0 aliphatic rings. The van der Waals surface area contributed by atoms with Crippen LogP contribution in [0.25, 0.3) is 0 Å². The van der Waals surface area contributed by atoms with E-state index in [0.29, 0.717) is 5.69 Å². The summed E-state index contributed by atoms with van der Waals surface area (Å²) in [5.41, 5.74) is 0.861. The fourth-order valence-electron chi connectivity index (χ4n) is 2.61. The predicted octanol–water partition coefficient (Wildman–Crippen LogP) is 2.06. The minimum Gasteiger partial charge on any atom is -0.503 e. The fourth-order valence-corrected chi connectivity index (χ4v) is 2.61. The number of pyridine rings is 1. The van der Waals surface area contributed by atoms with Gasteiger partial charge in [0, 0.05) is 12.3 Å². The Morgan fingerprint density at radius 3 is 2.69 bits per heavy atom. The highest BCUT2D eigenvalue weighted by Crippen LogP contribution is 2.18. The van der Waals surface area contributed by atoms with Crippen LogP contribution in [0.2, 0.25) is 0 Å². The Kier molecular flexibility index (Phi) is 6.59. The fraction of sp³-hybridized carbons (Fsp3) is 0.300. The summed E-state index contributed by atoms with van der Waals surface area (Å²) in [4.78, 5) is 25.5. The lowest BCUT2D eigenvalue weighted by Gasteiger charge is -2.29. The third kappa shape index (κ3) is 4.74. The normalized spacial score (nSPS) is 11.8. The molecule has 0 aliphatic heterocycles. The zero-order chi connectivity index (χ0) is 19.1. The van der Waals surface area contributed by atoms with E-state index >= 15 is 0 Å². The Labute approximate surface area is 152 Å². The van der Waals surface area contributed by atoms with Crippen LogP contribution in [-0.4, -0.2) is 33.6 Å². The molecule has 6 nitrogen and oxygen atoms in total. The van der Waals surface area contributed by atoms with Crippen molar-refractivity contribution < 1.29 is 14.6 Å². The number of ether oxygens (including phenoxy) is 1. The number of nitrogens with zero attached hydrogens (tertiary/aromatic N) is 2. The largest absolute Gasteiger partial charge is 0.503 e. The smallest absolute Gasteiger partial charge is 0.320 e. The van der Waals surface area contributed by atoms with E-state index < -0.39 is 11.4 Å². The van der Waals surface area contributed by atoms with Gasteiger partial charge in [0.15, 0.2) is 5.75 Å². The van der Waals surface area contributed by atoms with Crippen molar-refractivity contribution in [1.82, 2.24) is 9.47 Å². The van der Waals surface area contributed by atoms with E-state index in [4.69, 9.17) is 11.2 Å². The summed E-state index contributed by atoms with van der Waals surface area (Å²) in [6.45, 7) is 3.86. The first-order chi connectivity index (χ1) is 12.4. The van der Waals surface area contributed by atoms with Gasteiger partial charge in [0.1, 0.15) is 6.61 Å². The molecule has 1 atom stereocenters. The van der Waals surface area contributed by atoms with Gasteiger partial charge in [-0.05, 0) is 19.4 Å². The molecule has 0 fully saturated rings. The molecule has 2 aromatic rings. The molecule has 0 aliphatic carbocycles. The molecule has 0 amide bonds. The summed E-state index contributed by atoms with van der Waals surface area (Å²) < 4.78 is 7.00. The number of carbonyl (C=O) groups is 1. The molecule has 0 saturated heterocycles. The third-order valence-electron chi connectivity index (χ3n) is 4.15. The van der Waals surface area contributed by atoms with Crippen molar-refractivity contribution in [1.29, 1.82) is 0 Å². The quantitative estimate of drug-likeness (QED) is 0.609. The van der Waals surface area contributed by atoms with E-state index in [2.05, 4.69) is 5.92 Å². The first kappa shape index (κ1) is 19.3. The number of aromatic hydroxyl groups is 1. The second-order valence-corrected chi connectivity index (χ2v) is 5.91. The number of carbonyl (C=O) groups excluding carboxylic acids is 1. The van der Waals surface area contributed by atoms with E-state index in [1.807, 2.05) is 37.3 Å². The molecule has 1 N–H and O–H groups in total. The Morgan fingerprint density at radius 1 is 1.35 bits per heavy atom. The molecule has 2 rings (SSSR count). The minimum absolute atomic E-state index is 0.00940. The molecule has 0 radical (unpaired) electrons. The Hall–Kier alpha value is -3.04. The van der Waals surface area contributed by atoms with E-state index in [9.17, 15) is 14.7 Å². The number of hydrogen-bond acceptors (Lipinski definition) is 5. The monoisotopic (exact) mass is 354 g/mol. The van der Waals surface area contributed by atoms with Crippen molar-refractivity contribution >= 4 is 5.97 Å². The van der Waals surface area contributed by atoms with Crippen LogP contribution in [0, 0.1) is 19.3 Å². The summed E-state index contributed by atoms with van der Waals surface area (Å²) >= 11 is 0. The van der Waals surface area contributed by atoms with Gasteiger partial charge in [-0.1, -0.05) is 36.3 Å². The highest BCUT2D eigenvalue weighted by Gasteiger charge is 2.20. The molecule has 0 spiro atoms. The molecule has 0 saturated carbocycles. The maximum atomic E-state index is 12.2. The molecule has 6 heteroatoms. The lowest BCUT2D eigenvalue weighted by atomic mass is 10.2. The van der Waals surface area contributed by atoms with E-state index in [1.165, 1.54) is 6.07 Å². The van der Waals surface area contributed by atoms with Gasteiger partial charge < -0.3 is 14.4 Å². The van der Waals surface area contributed by atoms with Gasteiger partial charge in [-0.15, -0.1) is 6.42 Å². The number of terminal acetylenes is 1.